The number of halogens is 3. The monoisotopic (exact) mass is 591 g/mol. The molecule has 0 amide bonds. The molecule has 1 aromatic heterocycles. The number of sulfonamides is 1. The molecular formula is C28H28F3N3O6S. The second-order valence-electron chi connectivity index (χ2n) is 9.30. The number of anilines is 2. The highest BCUT2D eigenvalue weighted by Crippen LogP contribution is 2.30. The van der Waals surface area contributed by atoms with Gasteiger partial charge in [0.1, 0.15) is 11.4 Å². The first-order chi connectivity index (χ1) is 19.1. The van der Waals surface area contributed by atoms with Gasteiger partial charge in [-0.3, -0.25) is 4.72 Å². The minimum absolute atomic E-state index is 0.0481. The molecule has 3 aromatic rings. The molecule has 2 aromatic carbocycles. The molecule has 41 heavy (non-hydrogen) atoms. The zero-order valence-corrected chi connectivity index (χ0v) is 23.2. The number of carboxylic acid groups (broad SMARTS) is 2. The maximum Gasteiger partial charge on any atom is 0.490 e. The zero-order chi connectivity index (χ0) is 30.5. The Morgan fingerprint density at radius 1 is 0.976 bits per heavy atom. The molecule has 4 rings (SSSR count). The lowest BCUT2D eigenvalue weighted by Gasteiger charge is -2.29. The van der Waals surface area contributed by atoms with Crippen LogP contribution >= 0.6 is 0 Å². The first kappa shape index (κ1) is 31.1. The van der Waals surface area contributed by atoms with Crippen LogP contribution in [0.1, 0.15) is 39.0 Å². The number of hydrogen-bond donors (Lipinski definition) is 3. The predicted octanol–water partition coefficient (Wildman–Crippen LogP) is 5.43. The highest BCUT2D eigenvalue weighted by molar-refractivity contribution is 7.92. The number of pyridine rings is 1. The first-order valence-electron chi connectivity index (χ1n) is 12.2. The van der Waals surface area contributed by atoms with Gasteiger partial charge >= 0.3 is 18.1 Å². The quantitative estimate of drug-likeness (QED) is 0.345. The van der Waals surface area contributed by atoms with Gasteiger partial charge in [-0.05, 0) is 73.2 Å². The van der Waals surface area contributed by atoms with E-state index >= 15 is 0 Å². The number of aromatic nitrogens is 1. The van der Waals surface area contributed by atoms with Crippen molar-refractivity contribution in [2.24, 2.45) is 0 Å². The topological polar surface area (TPSA) is 137 Å². The fraction of sp³-hybridized carbons (Fsp3) is 0.250. The molecule has 0 saturated carbocycles. The summed E-state index contributed by atoms with van der Waals surface area (Å²) in [5.41, 5.74) is 5.52. The molecule has 13 heteroatoms. The van der Waals surface area contributed by atoms with Crippen molar-refractivity contribution in [3.8, 4) is 0 Å². The van der Waals surface area contributed by atoms with E-state index < -0.39 is 28.1 Å². The lowest BCUT2D eigenvalue weighted by molar-refractivity contribution is -0.192. The van der Waals surface area contributed by atoms with Crippen LogP contribution in [0.25, 0.3) is 5.57 Å². The van der Waals surface area contributed by atoms with Gasteiger partial charge in [-0.2, -0.15) is 13.2 Å². The number of carboxylic acids is 2. The van der Waals surface area contributed by atoms with Crippen LogP contribution in [0.3, 0.4) is 0 Å². The summed E-state index contributed by atoms with van der Waals surface area (Å²) in [4.78, 5) is 27.2. The van der Waals surface area contributed by atoms with Crippen LogP contribution in [0.15, 0.2) is 65.7 Å². The summed E-state index contributed by atoms with van der Waals surface area (Å²) in [6, 6.07) is 14.4. The Hall–Kier alpha value is -4.39. The summed E-state index contributed by atoms with van der Waals surface area (Å²) in [5.74, 6) is -3.60. The van der Waals surface area contributed by atoms with E-state index in [-0.39, 0.29) is 16.1 Å². The van der Waals surface area contributed by atoms with Crippen molar-refractivity contribution in [3.63, 3.8) is 0 Å². The maximum atomic E-state index is 12.8. The summed E-state index contributed by atoms with van der Waals surface area (Å²) >= 11 is 0. The Kier molecular flexibility index (Phi) is 9.43. The molecule has 0 atom stereocenters. The number of aryl methyl sites for hydroxylation is 3. The van der Waals surface area contributed by atoms with Crippen molar-refractivity contribution in [1.29, 1.82) is 0 Å². The molecule has 0 bridgehead atoms. The van der Waals surface area contributed by atoms with E-state index in [1.165, 1.54) is 35.0 Å². The van der Waals surface area contributed by atoms with Gasteiger partial charge in [-0.25, -0.2) is 23.0 Å². The SMILES string of the molecule is Cc1ccc(S(=O)(=O)Nc2cnc(N3CC=C(c4ccccc4C)CC3)c(C(=O)O)c2)cc1C.O=C(O)C(F)(F)F. The fourth-order valence-corrected chi connectivity index (χ4v) is 5.18. The standard InChI is InChI=1S/C26H27N3O4S.C2HF3O2/c1-17-8-9-22(14-19(17)3)34(32,33)28-21-15-24(26(30)31)25(27-16-21)29-12-10-20(11-13-29)23-7-5-4-6-18(23)2;3-2(4,5)1(6)7/h4-10,14-16,28H,11-13H2,1-3H3,(H,30,31);(H,6,7). The molecule has 218 valence electrons. The van der Waals surface area contributed by atoms with E-state index in [0.29, 0.717) is 18.9 Å². The molecular weight excluding hydrogens is 563 g/mol. The third-order valence-electron chi connectivity index (χ3n) is 6.38. The van der Waals surface area contributed by atoms with Crippen LogP contribution in [-0.4, -0.2) is 54.8 Å². The highest BCUT2D eigenvalue weighted by atomic mass is 32.2. The van der Waals surface area contributed by atoms with Crippen LogP contribution in [0.2, 0.25) is 0 Å². The largest absolute Gasteiger partial charge is 0.490 e. The molecule has 0 spiro atoms. The predicted molar refractivity (Wildman–Crippen MR) is 148 cm³/mol. The van der Waals surface area contributed by atoms with Gasteiger partial charge in [0.05, 0.1) is 16.8 Å². The number of aliphatic carboxylic acids is 1. The van der Waals surface area contributed by atoms with Gasteiger partial charge in [0.15, 0.2) is 0 Å². The van der Waals surface area contributed by atoms with Crippen molar-refractivity contribution in [3.05, 3.63) is 88.6 Å². The van der Waals surface area contributed by atoms with Crippen LogP contribution in [-0.2, 0) is 14.8 Å². The Balaban J connectivity index is 0.000000587. The number of benzene rings is 2. The van der Waals surface area contributed by atoms with E-state index in [1.54, 1.807) is 12.1 Å². The molecule has 1 aliphatic heterocycles. The summed E-state index contributed by atoms with van der Waals surface area (Å²) < 4.78 is 59.8. The maximum absolute atomic E-state index is 12.8. The normalized spacial score (nSPS) is 13.5. The summed E-state index contributed by atoms with van der Waals surface area (Å²) in [6.45, 7) is 6.95. The van der Waals surface area contributed by atoms with E-state index in [2.05, 4.69) is 34.8 Å². The minimum atomic E-state index is -5.08. The summed E-state index contributed by atoms with van der Waals surface area (Å²) in [7, 11) is -3.88. The van der Waals surface area contributed by atoms with E-state index in [0.717, 1.165) is 17.5 Å². The van der Waals surface area contributed by atoms with Crippen LogP contribution < -0.4 is 9.62 Å². The molecule has 0 fully saturated rings. The first-order valence-corrected chi connectivity index (χ1v) is 13.7. The molecule has 0 saturated heterocycles. The van der Waals surface area contributed by atoms with Crippen LogP contribution in [0, 0.1) is 20.8 Å². The van der Waals surface area contributed by atoms with E-state index in [1.807, 2.05) is 30.9 Å². The second-order valence-corrected chi connectivity index (χ2v) is 11.0. The molecule has 3 N–H and O–H groups in total. The van der Waals surface area contributed by atoms with Crippen LogP contribution in [0.5, 0.6) is 0 Å². The number of alkyl halides is 3. The number of rotatable bonds is 6. The molecule has 0 aliphatic carbocycles. The van der Waals surface area contributed by atoms with Gasteiger partial charge in [0, 0.05) is 13.1 Å². The van der Waals surface area contributed by atoms with Crippen LogP contribution in [0.4, 0.5) is 24.7 Å². The Morgan fingerprint density at radius 2 is 1.63 bits per heavy atom. The number of carbonyl (C=O) groups is 2. The van der Waals surface area contributed by atoms with Gasteiger partial charge in [0.25, 0.3) is 10.0 Å². The molecule has 9 nitrogen and oxygen atoms in total. The Labute approximate surface area is 235 Å². The average Bonchev–Trinajstić information content (AvgIpc) is 2.90. The van der Waals surface area contributed by atoms with E-state index in [9.17, 15) is 31.5 Å². The summed E-state index contributed by atoms with van der Waals surface area (Å²) in [5, 5.41) is 16.9. The van der Waals surface area contributed by atoms with Gasteiger partial charge in [0.2, 0.25) is 0 Å². The lowest BCUT2D eigenvalue weighted by atomic mass is 9.95. The molecule has 0 unspecified atom stereocenters. The van der Waals surface area contributed by atoms with Gasteiger partial charge < -0.3 is 15.1 Å². The van der Waals surface area contributed by atoms with Crippen molar-refractivity contribution in [1.82, 2.24) is 4.98 Å². The third-order valence-corrected chi connectivity index (χ3v) is 7.76. The van der Waals surface area contributed by atoms with Gasteiger partial charge in [-0.1, -0.05) is 36.4 Å². The zero-order valence-electron chi connectivity index (χ0n) is 22.4. The average molecular weight is 592 g/mol. The number of hydrogen-bond acceptors (Lipinski definition) is 6. The number of nitrogens with one attached hydrogen (secondary N) is 1. The summed E-state index contributed by atoms with van der Waals surface area (Å²) in [6.07, 6.45) is -0.872. The smallest absolute Gasteiger partial charge is 0.478 e. The highest BCUT2D eigenvalue weighted by Gasteiger charge is 2.38. The Morgan fingerprint density at radius 3 is 2.17 bits per heavy atom. The molecule has 2 heterocycles. The second kappa shape index (κ2) is 12.4. The van der Waals surface area contributed by atoms with Crippen molar-refractivity contribution in [2.75, 3.05) is 22.7 Å². The number of nitrogens with zero attached hydrogens (tertiary/aromatic N) is 2. The molecule has 1 aliphatic rings. The van der Waals surface area contributed by atoms with Gasteiger partial charge in [-0.15, -0.1) is 0 Å². The van der Waals surface area contributed by atoms with Crippen molar-refractivity contribution < 1.29 is 41.4 Å². The fourth-order valence-electron chi connectivity index (χ4n) is 4.06. The third kappa shape index (κ3) is 7.84. The lowest BCUT2D eigenvalue weighted by Crippen LogP contribution is -2.31. The molecule has 0 radical (unpaired) electrons. The van der Waals surface area contributed by atoms with Crippen molar-refractivity contribution in [2.45, 2.75) is 38.3 Å². The minimum Gasteiger partial charge on any atom is -0.478 e. The Bertz CT molecular complexity index is 1600. The van der Waals surface area contributed by atoms with E-state index in [4.69, 9.17) is 9.90 Å². The number of aromatic carboxylic acids is 1. The van der Waals surface area contributed by atoms with Crippen molar-refractivity contribution >= 4 is 39.0 Å².